The predicted octanol–water partition coefficient (Wildman–Crippen LogP) is 2.20. The van der Waals surface area contributed by atoms with E-state index in [-0.39, 0.29) is 23.8 Å². The standard InChI is InChI=1S/C19H22N4O3/c1-13-20-17(26-21-13)16-9-10-22(18(24)15-7-8-15)11-12-23(16)19(25)14-5-3-2-4-6-14/h2-6,15-16H,7-12H2,1H3. The van der Waals surface area contributed by atoms with Gasteiger partial charge in [-0.25, -0.2) is 0 Å². The summed E-state index contributed by atoms with van der Waals surface area (Å²) in [7, 11) is 0. The van der Waals surface area contributed by atoms with Gasteiger partial charge in [-0.15, -0.1) is 0 Å². The summed E-state index contributed by atoms with van der Waals surface area (Å²) in [6, 6.07) is 8.86. The number of nitrogens with zero attached hydrogens (tertiary/aromatic N) is 4. The highest BCUT2D eigenvalue weighted by atomic mass is 16.5. The van der Waals surface area contributed by atoms with Gasteiger partial charge < -0.3 is 14.3 Å². The third-order valence-corrected chi connectivity index (χ3v) is 5.01. The van der Waals surface area contributed by atoms with Crippen LogP contribution in [0.5, 0.6) is 0 Å². The monoisotopic (exact) mass is 354 g/mol. The lowest BCUT2D eigenvalue weighted by atomic mass is 10.1. The molecule has 7 nitrogen and oxygen atoms in total. The third kappa shape index (κ3) is 3.34. The van der Waals surface area contributed by atoms with E-state index in [0.717, 1.165) is 12.8 Å². The summed E-state index contributed by atoms with van der Waals surface area (Å²) in [4.78, 5) is 33.6. The topological polar surface area (TPSA) is 79.5 Å². The Morgan fingerprint density at radius 2 is 1.85 bits per heavy atom. The van der Waals surface area contributed by atoms with Gasteiger partial charge in [0.05, 0.1) is 0 Å². The summed E-state index contributed by atoms with van der Waals surface area (Å²) < 4.78 is 5.37. The summed E-state index contributed by atoms with van der Waals surface area (Å²) in [6.07, 6.45) is 2.56. The molecule has 2 aromatic rings. The van der Waals surface area contributed by atoms with Crippen molar-refractivity contribution in [3.05, 3.63) is 47.6 Å². The minimum Gasteiger partial charge on any atom is -0.341 e. The van der Waals surface area contributed by atoms with E-state index < -0.39 is 0 Å². The van der Waals surface area contributed by atoms with Crippen molar-refractivity contribution in [2.45, 2.75) is 32.2 Å². The molecule has 1 aromatic carbocycles. The van der Waals surface area contributed by atoms with E-state index in [4.69, 9.17) is 4.52 Å². The predicted molar refractivity (Wildman–Crippen MR) is 93.2 cm³/mol. The van der Waals surface area contributed by atoms with Crippen LogP contribution >= 0.6 is 0 Å². The van der Waals surface area contributed by atoms with Gasteiger partial charge in [0, 0.05) is 31.1 Å². The lowest BCUT2D eigenvalue weighted by Crippen LogP contribution is -2.38. The molecule has 1 atom stereocenters. The highest BCUT2D eigenvalue weighted by Gasteiger charge is 2.38. The van der Waals surface area contributed by atoms with Crippen LogP contribution in [0.1, 0.15) is 47.4 Å². The van der Waals surface area contributed by atoms with Gasteiger partial charge in [0.25, 0.3) is 5.91 Å². The summed E-state index contributed by atoms with van der Waals surface area (Å²) in [5, 5.41) is 3.88. The van der Waals surface area contributed by atoms with Crippen molar-refractivity contribution in [3.63, 3.8) is 0 Å². The van der Waals surface area contributed by atoms with E-state index in [9.17, 15) is 9.59 Å². The molecule has 1 saturated carbocycles. The minimum absolute atomic E-state index is 0.0767. The van der Waals surface area contributed by atoms with E-state index in [1.807, 2.05) is 23.1 Å². The van der Waals surface area contributed by atoms with Crippen LogP contribution in [-0.4, -0.2) is 51.4 Å². The van der Waals surface area contributed by atoms with Crippen LogP contribution < -0.4 is 0 Å². The second kappa shape index (κ2) is 6.90. The molecule has 1 aromatic heterocycles. The summed E-state index contributed by atoms with van der Waals surface area (Å²) in [6.45, 7) is 3.35. The molecule has 0 bridgehead atoms. The zero-order chi connectivity index (χ0) is 18.1. The molecule has 0 spiro atoms. The van der Waals surface area contributed by atoms with Crippen molar-refractivity contribution >= 4 is 11.8 Å². The van der Waals surface area contributed by atoms with Crippen molar-refractivity contribution in [2.75, 3.05) is 19.6 Å². The average molecular weight is 354 g/mol. The molecule has 1 saturated heterocycles. The van der Waals surface area contributed by atoms with Crippen LogP contribution in [-0.2, 0) is 4.79 Å². The molecule has 0 N–H and O–H groups in total. The molecule has 2 aliphatic rings. The van der Waals surface area contributed by atoms with Crippen LogP contribution in [0.3, 0.4) is 0 Å². The van der Waals surface area contributed by atoms with E-state index in [1.54, 1.807) is 24.0 Å². The van der Waals surface area contributed by atoms with Crippen LogP contribution in [0.25, 0.3) is 0 Å². The molecule has 4 rings (SSSR count). The Hall–Kier alpha value is -2.70. The number of carbonyl (C=O) groups excluding carboxylic acids is 2. The zero-order valence-electron chi connectivity index (χ0n) is 14.8. The number of aryl methyl sites for hydroxylation is 1. The maximum Gasteiger partial charge on any atom is 0.254 e. The van der Waals surface area contributed by atoms with E-state index >= 15 is 0 Å². The maximum atomic E-state index is 13.1. The number of amides is 2. The van der Waals surface area contributed by atoms with Crippen molar-refractivity contribution in [2.24, 2.45) is 5.92 Å². The van der Waals surface area contributed by atoms with Crippen LogP contribution in [0, 0.1) is 12.8 Å². The summed E-state index contributed by atoms with van der Waals surface area (Å²) in [5.41, 5.74) is 0.621. The molecule has 2 amide bonds. The molecular weight excluding hydrogens is 332 g/mol. The minimum atomic E-state index is -0.319. The van der Waals surface area contributed by atoms with Crippen LogP contribution in [0.2, 0.25) is 0 Å². The second-order valence-corrected chi connectivity index (χ2v) is 6.95. The van der Waals surface area contributed by atoms with Crippen molar-refractivity contribution in [1.29, 1.82) is 0 Å². The van der Waals surface area contributed by atoms with Gasteiger partial charge in [0.2, 0.25) is 11.8 Å². The van der Waals surface area contributed by atoms with Crippen molar-refractivity contribution < 1.29 is 14.1 Å². The molecule has 1 unspecified atom stereocenters. The van der Waals surface area contributed by atoms with Gasteiger partial charge in [-0.1, -0.05) is 23.4 Å². The largest absolute Gasteiger partial charge is 0.341 e. The third-order valence-electron chi connectivity index (χ3n) is 5.01. The Bertz CT molecular complexity index is 800. The van der Waals surface area contributed by atoms with Crippen molar-refractivity contribution in [3.8, 4) is 0 Å². The highest BCUT2D eigenvalue weighted by molar-refractivity contribution is 5.94. The number of hydrogen-bond acceptors (Lipinski definition) is 5. The van der Waals surface area contributed by atoms with Crippen molar-refractivity contribution in [1.82, 2.24) is 19.9 Å². The fourth-order valence-corrected chi connectivity index (χ4v) is 3.43. The number of hydrogen-bond donors (Lipinski definition) is 0. The number of carbonyl (C=O) groups is 2. The number of aromatic nitrogens is 2. The molecule has 0 radical (unpaired) electrons. The maximum absolute atomic E-state index is 13.1. The molecule has 136 valence electrons. The molecular formula is C19H22N4O3. The highest BCUT2D eigenvalue weighted by Crippen LogP contribution is 2.33. The van der Waals surface area contributed by atoms with Gasteiger partial charge in [0.15, 0.2) is 5.82 Å². The fourth-order valence-electron chi connectivity index (χ4n) is 3.43. The normalized spacial score (nSPS) is 20.7. The Morgan fingerprint density at radius 3 is 2.50 bits per heavy atom. The Kier molecular flexibility index (Phi) is 4.44. The Morgan fingerprint density at radius 1 is 1.08 bits per heavy atom. The molecule has 26 heavy (non-hydrogen) atoms. The summed E-state index contributed by atoms with van der Waals surface area (Å²) >= 11 is 0. The van der Waals surface area contributed by atoms with Gasteiger partial charge in [-0.2, -0.15) is 4.98 Å². The first-order valence-corrected chi connectivity index (χ1v) is 9.08. The first kappa shape index (κ1) is 16.8. The first-order valence-electron chi connectivity index (χ1n) is 9.08. The Labute approximate surface area is 152 Å². The van der Waals surface area contributed by atoms with Gasteiger partial charge in [-0.3, -0.25) is 9.59 Å². The fraction of sp³-hybridized carbons (Fsp3) is 0.474. The molecule has 1 aliphatic heterocycles. The molecule has 1 aliphatic carbocycles. The smallest absolute Gasteiger partial charge is 0.254 e. The van der Waals surface area contributed by atoms with Gasteiger partial charge >= 0.3 is 0 Å². The average Bonchev–Trinajstić information content (AvgIpc) is 3.46. The van der Waals surface area contributed by atoms with E-state index in [0.29, 0.717) is 43.3 Å². The lowest BCUT2D eigenvalue weighted by molar-refractivity contribution is -0.132. The SMILES string of the molecule is Cc1noc(C2CCN(C(=O)C3CC3)CCN2C(=O)c2ccccc2)n1. The Balaban J connectivity index is 1.61. The van der Waals surface area contributed by atoms with Gasteiger partial charge in [-0.05, 0) is 38.3 Å². The quantitative estimate of drug-likeness (QED) is 0.844. The van der Waals surface area contributed by atoms with Gasteiger partial charge in [0.1, 0.15) is 6.04 Å². The van der Waals surface area contributed by atoms with Crippen LogP contribution in [0.4, 0.5) is 0 Å². The molecule has 2 heterocycles. The zero-order valence-corrected chi connectivity index (χ0v) is 14.8. The number of rotatable bonds is 3. The number of benzene rings is 1. The van der Waals surface area contributed by atoms with E-state index in [2.05, 4.69) is 10.1 Å². The first-order chi connectivity index (χ1) is 12.6. The van der Waals surface area contributed by atoms with Crippen LogP contribution in [0.15, 0.2) is 34.9 Å². The molecule has 7 heteroatoms. The summed E-state index contributed by atoms with van der Waals surface area (Å²) in [5.74, 6) is 1.29. The van der Waals surface area contributed by atoms with E-state index in [1.165, 1.54) is 0 Å². The lowest BCUT2D eigenvalue weighted by Gasteiger charge is -2.27. The second-order valence-electron chi connectivity index (χ2n) is 6.95. The molecule has 2 fully saturated rings.